The SMILES string of the molecule is O=C(O)COCCC12CCC(c3cccc(O)c3)(CC1)CO2. The van der Waals surface area contributed by atoms with Crippen LogP contribution in [0.3, 0.4) is 0 Å². The predicted octanol–water partition coefficient (Wildman–Crippen LogP) is 2.46. The molecule has 1 aliphatic carbocycles. The minimum Gasteiger partial charge on any atom is -0.508 e. The van der Waals surface area contributed by atoms with E-state index in [4.69, 9.17) is 14.6 Å². The van der Waals surface area contributed by atoms with E-state index in [1.807, 2.05) is 12.1 Å². The van der Waals surface area contributed by atoms with Crippen LogP contribution < -0.4 is 0 Å². The Balaban J connectivity index is 1.60. The Morgan fingerprint density at radius 3 is 2.64 bits per heavy atom. The van der Waals surface area contributed by atoms with Crippen molar-refractivity contribution in [1.82, 2.24) is 0 Å². The highest BCUT2D eigenvalue weighted by Crippen LogP contribution is 2.51. The zero-order valence-electron chi connectivity index (χ0n) is 12.6. The van der Waals surface area contributed by atoms with Crippen LogP contribution in [0, 0.1) is 0 Å². The molecule has 1 saturated carbocycles. The molecule has 3 aliphatic rings. The summed E-state index contributed by atoms with van der Waals surface area (Å²) in [4.78, 5) is 10.5. The third-order valence-electron chi connectivity index (χ3n) is 5.16. The minimum atomic E-state index is -0.936. The topological polar surface area (TPSA) is 76.0 Å². The van der Waals surface area contributed by atoms with Gasteiger partial charge in [-0.15, -0.1) is 0 Å². The van der Waals surface area contributed by atoms with E-state index in [-0.39, 0.29) is 17.6 Å². The largest absolute Gasteiger partial charge is 0.508 e. The average Bonchev–Trinajstić information content (AvgIpc) is 2.53. The molecule has 0 spiro atoms. The van der Waals surface area contributed by atoms with Crippen molar-refractivity contribution in [2.45, 2.75) is 43.1 Å². The lowest BCUT2D eigenvalue weighted by atomic mass is 9.62. The van der Waals surface area contributed by atoms with Gasteiger partial charge in [0.25, 0.3) is 0 Å². The Kier molecular flexibility index (Phi) is 4.10. The number of hydrogen-bond acceptors (Lipinski definition) is 4. The monoisotopic (exact) mass is 306 g/mol. The van der Waals surface area contributed by atoms with Crippen LogP contribution in [-0.4, -0.2) is 41.6 Å². The zero-order valence-corrected chi connectivity index (χ0v) is 12.6. The molecule has 2 heterocycles. The summed E-state index contributed by atoms with van der Waals surface area (Å²) >= 11 is 0. The number of phenolic OH excluding ortho intramolecular Hbond substituents is 1. The van der Waals surface area contributed by atoms with Gasteiger partial charge in [0, 0.05) is 5.41 Å². The second kappa shape index (κ2) is 5.89. The summed E-state index contributed by atoms with van der Waals surface area (Å²) in [5.74, 6) is -0.634. The smallest absolute Gasteiger partial charge is 0.329 e. The van der Waals surface area contributed by atoms with Crippen LogP contribution in [0.1, 0.15) is 37.7 Å². The molecule has 22 heavy (non-hydrogen) atoms. The van der Waals surface area contributed by atoms with Crippen LogP contribution in [0.4, 0.5) is 0 Å². The molecule has 1 aromatic carbocycles. The van der Waals surface area contributed by atoms with Crippen LogP contribution in [0.25, 0.3) is 0 Å². The van der Waals surface area contributed by atoms with Crippen molar-refractivity contribution in [3.05, 3.63) is 29.8 Å². The number of carbonyl (C=O) groups is 1. The van der Waals surface area contributed by atoms with Gasteiger partial charge in [0.05, 0.1) is 18.8 Å². The molecule has 0 atom stereocenters. The maximum absolute atomic E-state index is 10.5. The van der Waals surface area contributed by atoms with Gasteiger partial charge in [0.2, 0.25) is 0 Å². The lowest BCUT2D eigenvalue weighted by Gasteiger charge is -2.53. The fourth-order valence-corrected chi connectivity index (χ4v) is 3.71. The van der Waals surface area contributed by atoms with Gasteiger partial charge in [-0.3, -0.25) is 0 Å². The molecule has 4 rings (SSSR count). The van der Waals surface area contributed by atoms with Gasteiger partial charge in [0.1, 0.15) is 12.4 Å². The van der Waals surface area contributed by atoms with Gasteiger partial charge in [-0.05, 0) is 49.8 Å². The standard InChI is InChI=1S/C17H22O5/c18-14-3-1-2-13(10-14)16-4-6-17(7-5-16,22-12-16)8-9-21-11-15(19)20/h1-3,10,18H,4-9,11-12H2,(H,19,20). The first-order valence-electron chi connectivity index (χ1n) is 7.77. The molecule has 3 fully saturated rings. The van der Waals surface area contributed by atoms with Crippen molar-refractivity contribution in [2.24, 2.45) is 0 Å². The Bertz CT molecular complexity index is 529. The average molecular weight is 306 g/mol. The van der Waals surface area contributed by atoms with Crippen molar-refractivity contribution in [3.8, 4) is 5.75 Å². The number of benzene rings is 1. The molecule has 0 unspecified atom stereocenters. The third kappa shape index (κ3) is 2.96. The summed E-state index contributed by atoms with van der Waals surface area (Å²) in [6, 6.07) is 7.49. The first kappa shape index (κ1) is 15.3. The third-order valence-corrected chi connectivity index (χ3v) is 5.16. The number of phenols is 1. The van der Waals surface area contributed by atoms with E-state index >= 15 is 0 Å². The summed E-state index contributed by atoms with van der Waals surface area (Å²) < 4.78 is 11.3. The molecule has 2 N–H and O–H groups in total. The molecule has 1 aromatic rings. The van der Waals surface area contributed by atoms with Crippen LogP contribution in [0.5, 0.6) is 5.75 Å². The van der Waals surface area contributed by atoms with Gasteiger partial charge in [-0.1, -0.05) is 12.1 Å². The number of carboxylic acids is 1. The first-order valence-corrected chi connectivity index (χ1v) is 7.77. The van der Waals surface area contributed by atoms with Crippen molar-refractivity contribution in [2.75, 3.05) is 19.8 Å². The summed E-state index contributed by atoms with van der Waals surface area (Å²) in [5.41, 5.74) is 1.02. The highest BCUT2D eigenvalue weighted by molar-refractivity contribution is 5.67. The van der Waals surface area contributed by atoms with Crippen molar-refractivity contribution in [3.63, 3.8) is 0 Å². The summed E-state index contributed by atoms with van der Waals surface area (Å²) in [7, 11) is 0. The van der Waals surface area contributed by atoms with Crippen molar-refractivity contribution >= 4 is 5.97 Å². The molecule has 5 nitrogen and oxygen atoms in total. The maximum Gasteiger partial charge on any atom is 0.329 e. The molecule has 120 valence electrons. The number of hydrogen-bond donors (Lipinski definition) is 2. The number of ether oxygens (including phenoxy) is 2. The van der Waals surface area contributed by atoms with E-state index in [2.05, 4.69) is 6.07 Å². The summed E-state index contributed by atoms with van der Waals surface area (Å²) in [5, 5.41) is 18.3. The Morgan fingerprint density at radius 2 is 2.05 bits per heavy atom. The molecule has 2 bridgehead atoms. The van der Waals surface area contributed by atoms with Crippen LogP contribution >= 0.6 is 0 Å². The lowest BCUT2D eigenvalue weighted by Crippen LogP contribution is -2.53. The molecule has 2 saturated heterocycles. The van der Waals surface area contributed by atoms with E-state index in [1.54, 1.807) is 6.07 Å². The van der Waals surface area contributed by atoms with E-state index in [9.17, 15) is 9.90 Å². The van der Waals surface area contributed by atoms with Gasteiger partial charge < -0.3 is 19.7 Å². The van der Waals surface area contributed by atoms with Crippen molar-refractivity contribution in [1.29, 1.82) is 0 Å². The minimum absolute atomic E-state index is 0.0163. The zero-order chi connectivity index (χ0) is 15.6. The van der Waals surface area contributed by atoms with Gasteiger partial charge in [0.15, 0.2) is 0 Å². The van der Waals surface area contributed by atoms with E-state index < -0.39 is 5.97 Å². The highest BCUT2D eigenvalue weighted by atomic mass is 16.5. The second-order valence-electron chi connectivity index (χ2n) is 6.50. The van der Waals surface area contributed by atoms with E-state index in [0.717, 1.165) is 37.7 Å². The van der Waals surface area contributed by atoms with Crippen LogP contribution in [-0.2, 0) is 19.7 Å². The number of carboxylic acid groups (broad SMARTS) is 1. The molecule has 5 heteroatoms. The first-order chi connectivity index (χ1) is 10.5. The van der Waals surface area contributed by atoms with Crippen LogP contribution in [0.2, 0.25) is 0 Å². The molecule has 0 radical (unpaired) electrons. The Labute approximate surface area is 129 Å². The fraction of sp³-hybridized carbons (Fsp3) is 0.588. The molecule has 0 aromatic heterocycles. The van der Waals surface area contributed by atoms with E-state index in [0.29, 0.717) is 19.0 Å². The van der Waals surface area contributed by atoms with Gasteiger partial charge in [-0.25, -0.2) is 4.79 Å². The normalized spacial score (nSPS) is 30.4. The molecule has 0 amide bonds. The summed E-state index contributed by atoms with van der Waals surface area (Å²) in [6.07, 6.45) is 4.74. The maximum atomic E-state index is 10.5. The molecular weight excluding hydrogens is 284 g/mol. The number of aliphatic carboxylic acids is 1. The van der Waals surface area contributed by atoms with Crippen LogP contribution in [0.15, 0.2) is 24.3 Å². The highest BCUT2D eigenvalue weighted by Gasteiger charge is 2.50. The number of aromatic hydroxyl groups is 1. The van der Waals surface area contributed by atoms with Gasteiger partial charge >= 0.3 is 5.97 Å². The lowest BCUT2D eigenvalue weighted by molar-refractivity contribution is -0.168. The molecule has 2 aliphatic heterocycles. The fourth-order valence-electron chi connectivity index (χ4n) is 3.71. The Morgan fingerprint density at radius 1 is 1.27 bits per heavy atom. The summed E-state index contributed by atoms with van der Waals surface area (Å²) in [6.45, 7) is 0.837. The molecular formula is C17H22O5. The second-order valence-corrected chi connectivity index (χ2v) is 6.50. The van der Waals surface area contributed by atoms with E-state index in [1.165, 1.54) is 0 Å². The predicted molar refractivity (Wildman–Crippen MR) is 80.0 cm³/mol. The van der Waals surface area contributed by atoms with Gasteiger partial charge in [-0.2, -0.15) is 0 Å². The van der Waals surface area contributed by atoms with Crippen molar-refractivity contribution < 1.29 is 24.5 Å². The number of fused-ring (bicyclic) bond motifs is 3. The quantitative estimate of drug-likeness (QED) is 0.790. The number of rotatable bonds is 6. The Hall–Kier alpha value is -1.59.